The smallest absolute Gasteiger partial charge is 0.399 e. The van der Waals surface area contributed by atoms with Gasteiger partial charge in [-0.2, -0.15) is 0 Å². The molecule has 3 rings (SSSR count). The van der Waals surface area contributed by atoms with Crippen molar-refractivity contribution in [3.63, 3.8) is 0 Å². The van der Waals surface area contributed by atoms with Gasteiger partial charge in [-0.05, 0) is 54.4 Å². The second-order valence-electron chi connectivity index (χ2n) is 9.17. The topological polar surface area (TPSA) is 67.8 Å². The molecule has 0 saturated carbocycles. The van der Waals surface area contributed by atoms with Crippen LogP contribution in [0.15, 0.2) is 12.4 Å². The number of hydrogen-bond donors (Lipinski definition) is 0. The summed E-state index contributed by atoms with van der Waals surface area (Å²) >= 11 is 5.78. The number of carbonyl (C=O) groups is 1. The number of amides is 1. The number of rotatable bonds is 6. The van der Waals surface area contributed by atoms with E-state index in [2.05, 4.69) is 28.7 Å². The van der Waals surface area contributed by atoms with E-state index in [9.17, 15) is 4.79 Å². The highest BCUT2D eigenvalue weighted by Crippen LogP contribution is 2.36. The molecule has 160 valence electrons. The van der Waals surface area contributed by atoms with Crippen molar-refractivity contribution in [3.05, 3.63) is 12.4 Å². The Bertz CT molecular complexity index is 713. The molecular weight excluding hydrogens is 391 g/mol. The van der Waals surface area contributed by atoms with Crippen LogP contribution in [0.5, 0.6) is 0 Å². The molecule has 1 amide bonds. The van der Waals surface area contributed by atoms with Crippen LogP contribution in [0.3, 0.4) is 0 Å². The molecule has 0 aromatic carbocycles. The molecule has 2 aliphatic rings. The van der Waals surface area contributed by atoms with E-state index >= 15 is 0 Å². The average Bonchev–Trinajstić information content (AvgIpc) is 3.20. The Balaban J connectivity index is 1.74. The summed E-state index contributed by atoms with van der Waals surface area (Å²) in [6.45, 7) is 13.8. The van der Waals surface area contributed by atoms with Crippen LogP contribution >= 0.6 is 11.6 Å². The highest BCUT2D eigenvalue weighted by atomic mass is 35.5. The van der Waals surface area contributed by atoms with Crippen LogP contribution in [0.25, 0.3) is 0 Å². The lowest BCUT2D eigenvalue weighted by Crippen LogP contribution is -2.46. The normalized spacial score (nSPS) is 23.1. The molecule has 7 nitrogen and oxygen atoms in total. The first kappa shape index (κ1) is 22.3. The average molecular weight is 423 g/mol. The molecule has 1 unspecified atom stereocenters. The third kappa shape index (κ3) is 4.54. The third-order valence-electron chi connectivity index (χ3n) is 6.28. The molecule has 29 heavy (non-hydrogen) atoms. The van der Waals surface area contributed by atoms with Gasteiger partial charge in [0.15, 0.2) is 0 Å². The molecule has 0 spiro atoms. The molecular formula is C20H32BClN4O3. The first-order valence-electron chi connectivity index (χ1n) is 10.4. The number of halogens is 1. The molecule has 9 heteroatoms. The zero-order chi connectivity index (χ0) is 21.4. The summed E-state index contributed by atoms with van der Waals surface area (Å²) in [6.07, 6.45) is 5.52. The van der Waals surface area contributed by atoms with Crippen LogP contribution in [0.4, 0.5) is 5.95 Å². The molecule has 1 aromatic heterocycles. The summed E-state index contributed by atoms with van der Waals surface area (Å²) in [7, 11) is -0.479. The molecule has 2 aliphatic heterocycles. The van der Waals surface area contributed by atoms with E-state index in [1.54, 1.807) is 12.4 Å². The molecule has 2 saturated heterocycles. The molecule has 0 bridgehead atoms. The fourth-order valence-corrected chi connectivity index (χ4v) is 3.91. The quantitative estimate of drug-likeness (QED) is 0.517. The van der Waals surface area contributed by atoms with Crippen LogP contribution in [-0.4, -0.2) is 70.1 Å². The van der Waals surface area contributed by atoms with Crippen molar-refractivity contribution in [1.82, 2.24) is 14.9 Å². The van der Waals surface area contributed by atoms with Gasteiger partial charge >= 0.3 is 7.12 Å². The maximum Gasteiger partial charge on any atom is 0.498 e. The van der Waals surface area contributed by atoms with E-state index in [1.165, 1.54) is 0 Å². The zero-order valence-electron chi connectivity index (χ0n) is 18.3. The Kier molecular flexibility index (Phi) is 6.46. The molecule has 3 heterocycles. The van der Waals surface area contributed by atoms with E-state index in [0.29, 0.717) is 12.5 Å². The van der Waals surface area contributed by atoms with Gasteiger partial charge in [-0.25, -0.2) is 9.97 Å². The van der Waals surface area contributed by atoms with Crippen molar-refractivity contribution in [2.24, 2.45) is 0 Å². The van der Waals surface area contributed by atoms with Crippen LogP contribution in [-0.2, 0) is 14.1 Å². The number of anilines is 1. The molecule has 0 N–H and O–H groups in total. The van der Waals surface area contributed by atoms with Crippen molar-refractivity contribution in [2.75, 3.05) is 23.9 Å². The van der Waals surface area contributed by atoms with Crippen LogP contribution in [0.2, 0.25) is 0 Å². The molecule has 0 aliphatic carbocycles. The van der Waals surface area contributed by atoms with E-state index in [4.69, 9.17) is 20.9 Å². The Morgan fingerprint density at radius 1 is 1.28 bits per heavy atom. The van der Waals surface area contributed by atoms with Crippen LogP contribution in [0, 0.1) is 0 Å². The lowest BCUT2D eigenvalue weighted by atomic mass is 9.81. The number of nitrogens with zero attached hydrogens (tertiary/aromatic N) is 4. The number of aromatic nitrogens is 2. The van der Waals surface area contributed by atoms with Crippen LogP contribution < -0.4 is 10.4 Å². The molecule has 1 aromatic rings. The minimum absolute atomic E-state index is 0.00472. The minimum Gasteiger partial charge on any atom is -0.399 e. The fraction of sp³-hybridized carbons (Fsp3) is 0.750. The van der Waals surface area contributed by atoms with Gasteiger partial charge in [-0.1, -0.05) is 0 Å². The second kappa shape index (κ2) is 8.40. The van der Waals surface area contributed by atoms with Crippen molar-refractivity contribution in [2.45, 2.75) is 77.7 Å². The highest BCUT2D eigenvalue weighted by molar-refractivity contribution is 6.61. The SMILES string of the molecule is CC(C)N(CC1CCCN1C(=O)CCl)c1ncc(B2OC(C)(C)C(C)(C)O2)cn1. The number of hydrogen-bond acceptors (Lipinski definition) is 6. The van der Waals surface area contributed by atoms with Gasteiger partial charge in [0, 0.05) is 43.0 Å². The lowest BCUT2D eigenvalue weighted by molar-refractivity contribution is -0.129. The predicted molar refractivity (Wildman–Crippen MR) is 116 cm³/mol. The summed E-state index contributed by atoms with van der Waals surface area (Å²) in [5.41, 5.74) is -0.00141. The molecule has 1 atom stereocenters. The maximum atomic E-state index is 12.1. The lowest BCUT2D eigenvalue weighted by Gasteiger charge is -2.33. The van der Waals surface area contributed by atoms with Gasteiger partial charge in [-0.3, -0.25) is 4.79 Å². The summed E-state index contributed by atoms with van der Waals surface area (Å²) in [6, 6.07) is 0.335. The Hall–Kier alpha value is -1.38. The first-order chi connectivity index (χ1) is 13.6. The summed E-state index contributed by atoms with van der Waals surface area (Å²) in [4.78, 5) is 25.3. The first-order valence-corrected chi connectivity index (χ1v) is 10.9. The van der Waals surface area contributed by atoms with Gasteiger partial charge in [0.1, 0.15) is 5.88 Å². The Labute approximate surface area is 179 Å². The van der Waals surface area contributed by atoms with E-state index < -0.39 is 18.3 Å². The molecule has 0 radical (unpaired) electrons. The van der Waals surface area contributed by atoms with Crippen molar-refractivity contribution >= 4 is 36.0 Å². The summed E-state index contributed by atoms with van der Waals surface area (Å²) < 4.78 is 12.2. The Morgan fingerprint density at radius 2 is 1.86 bits per heavy atom. The Morgan fingerprint density at radius 3 is 2.38 bits per heavy atom. The largest absolute Gasteiger partial charge is 0.498 e. The second-order valence-corrected chi connectivity index (χ2v) is 9.43. The number of likely N-dealkylation sites (tertiary alicyclic amines) is 1. The fourth-order valence-electron chi connectivity index (χ4n) is 3.76. The van der Waals surface area contributed by atoms with Gasteiger partial charge in [0.05, 0.1) is 11.2 Å². The predicted octanol–water partition coefficient (Wildman–Crippen LogP) is 2.22. The van der Waals surface area contributed by atoms with Gasteiger partial charge < -0.3 is 19.1 Å². The van der Waals surface area contributed by atoms with E-state index in [1.807, 2.05) is 32.6 Å². The maximum absolute atomic E-state index is 12.1. The number of carbonyl (C=O) groups excluding carboxylic acids is 1. The number of alkyl halides is 1. The summed E-state index contributed by atoms with van der Waals surface area (Å²) in [5, 5.41) is 0. The van der Waals surface area contributed by atoms with Crippen molar-refractivity contribution in [1.29, 1.82) is 0 Å². The van der Waals surface area contributed by atoms with E-state index in [-0.39, 0.29) is 23.9 Å². The summed E-state index contributed by atoms with van der Waals surface area (Å²) in [5.74, 6) is 0.664. The van der Waals surface area contributed by atoms with E-state index in [0.717, 1.165) is 24.8 Å². The third-order valence-corrected chi connectivity index (χ3v) is 6.51. The van der Waals surface area contributed by atoms with Crippen molar-refractivity contribution < 1.29 is 14.1 Å². The van der Waals surface area contributed by atoms with Gasteiger partial charge in [-0.15, -0.1) is 11.6 Å². The molecule has 2 fully saturated rings. The van der Waals surface area contributed by atoms with Crippen LogP contribution in [0.1, 0.15) is 54.4 Å². The monoisotopic (exact) mass is 422 g/mol. The van der Waals surface area contributed by atoms with Gasteiger partial charge in [0.25, 0.3) is 0 Å². The standard InChI is InChI=1S/C20H32BClN4O3/c1-14(2)26(13-16-8-7-9-25(16)17(27)10-22)18-23-11-15(12-24-18)21-28-19(3,4)20(5,6)29-21/h11-12,14,16H,7-10,13H2,1-6H3. The highest BCUT2D eigenvalue weighted by Gasteiger charge is 2.52. The minimum atomic E-state index is -0.479. The van der Waals surface area contributed by atoms with Crippen molar-refractivity contribution in [3.8, 4) is 0 Å². The van der Waals surface area contributed by atoms with Gasteiger partial charge in [0.2, 0.25) is 11.9 Å². The zero-order valence-corrected chi connectivity index (χ0v) is 19.1.